The van der Waals surface area contributed by atoms with Gasteiger partial charge in [-0.05, 0) is 18.2 Å². The molecule has 4 heterocycles. The highest BCUT2D eigenvalue weighted by molar-refractivity contribution is 8.09. The number of rotatable bonds is 4. The van der Waals surface area contributed by atoms with E-state index >= 15 is 0 Å². The van der Waals surface area contributed by atoms with Crippen LogP contribution in [0.25, 0.3) is 15.8 Å². The number of imide groups is 1. The van der Waals surface area contributed by atoms with E-state index in [1.54, 1.807) is 47.2 Å². The molecule has 3 amide bonds. The number of nitrogens with zero attached hydrogens (tertiary/aromatic N) is 7. The van der Waals surface area contributed by atoms with Gasteiger partial charge in [-0.25, -0.2) is 9.69 Å². The first-order valence-electron chi connectivity index (χ1n) is 10.3. The Bertz CT molecular complexity index is 1470. The number of aryl methyl sites for hydroxylation is 1. The number of carbonyl (C=O) groups excluding carboxylic acids is 2. The molecular weight excluding hydrogens is 474 g/mol. The maximum atomic E-state index is 13.7. The third-order valence-corrected chi connectivity index (χ3v) is 7.49. The lowest BCUT2D eigenvalue weighted by atomic mass is 10.0. The summed E-state index contributed by atoms with van der Waals surface area (Å²) < 4.78 is 1.60. The number of hydrogen-bond donors (Lipinski definition) is 0. The number of benzene rings is 1. The summed E-state index contributed by atoms with van der Waals surface area (Å²) in [6.45, 7) is 0.167. The van der Waals surface area contributed by atoms with Crippen LogP contribution in [-0.2, 0) is 11.8 Å². The van der Waals surface area contributed by atoms with Gasteiger partial charge in [0.2, 0.25) is 0 Å². The fraction of sp³-hybridized carbons (Fsp3) is 0.217. The highest BCUT2D eigenvalue weighted by Crippen LogP contribution is 2.47. The Balaban J connectivity index is 1.58. The van der Waals surface area contributed by atoms with Crippen molar-refractivity contribution in [1.82, 2.24) is 19.7 Å². The molecule has 2 aliphatic rings. The molecule has 0 spiro atoms. The summed E-state index contributed by atoms with van der Waals surface area (Å²) in [6.07, 6.45) is 6.69. The number of fused-ring (bicyclic) bond motifs is 2. The van der Waals surface area contributed by atoms with Crippen LogP contribution >= 0.6 is 23.4 Å². The monoisotopic (exact) mass is 489 g/mol. The number of anilines is 1. The molecule has 3 aromatic rings. The molecule has 1 aromatic carbocycles. The molecule has 5 rings (SSSR count). The Morgan fingerprint density at radius 1 is 1.21 bits per heavy atom. The van der Waals surface area contributed by atoms with E-state index < -0.39 is 17.3 Å². The summed E-state index contributed by atoms with van der Waals surface area (Å²) >= 11 is 7.74. The van der Waals surface area contributed by atoms with Crippen LogP contribution in [0.2, 0.25) is 5.02 Å². The predicted molar refractivity (Wildman–Crippen MR) is 128 cm³/mol. The summed E-state index contributed by atoms with van der Waals surface area (Å²) in [5.74, 6) is -0.375. The first-order chi connectivity index (χ1) is 16.4. The van der Waals surface area contributed by atoms with Crippen LogP contribution in [-0.4, -0.2) is 49.4 Å². The molecule has 0 aliphatic carbocycles. The number of thioether (sulfide) groups is 1. The molecule has 2 aromatic heterocycles. The van der Waals surface area contributed by atoms with E-state index in [-0.39, 0.29) is 18.9 Å². The Hall–Kier alpha value is -3.86. The summed E-state index contributed by atoms with van der Waals surface area (Å²) in [7, 11) is 1.73. The summed E-state index contributed by atoms with van der Waals surface area (Å²) in [6, 6.07) is 8.05. The van der Waals surface area contributed by atoms with Gasteiger partial charge in [0, 0.05) is 35.6 Å². The minimum atomic E-state index is -0.624. The largest absolute Gasteiger partial charge is 0.332 e. The lowest BCUT2D eigenvalue weighted by molar-refractivity contribution is -0.119. The van der Waals surface area contributed by atoms with Crippen LogP contribution in [0.4, 0.5) is 10.5 Å². The van der Waals surface area contributed by atoms with Gasteiger partial charge in [-0.1, -0.05) is 17.7 Å². The minimum Gasteiger partial charge on any atom is -0.315 e. The predicted octanol–water partition coefficient (Wildman–Crippen LogP) is 3.70. The maximum absolute atomic E-state index is 13.7. The van der Waals surface area contributed by atoms with Crippen LogP contribution in [0, 0.1) is 22.7 Å². The zero-order valence-electron chi connectivity index (χ0n) is 17.8. The van der Waals surface area contributed by atoms with Crippen molar-refractivity contribution in [3.05, 3.63) is 59.0 Å². The molecule has 2 unspecified atom stereocenters. The van der Waals surface area contributed by atoms with E-state index in [4.69, 9.17) is 22.1 Å². The van der Waals surface area contributed by atoms with Crippen LogP contribution in [0.1, 0.15) is 17.5 Å². The lowest BCUT2D eigenvalue weighted by Crippen LogP contribution is -2.62. The highest BCUT2D eigenvalue weighted by Gasteiger charge is 2.50. The average Bonchev–Trinajstić information content (AvgIpc) is 3.44. The number of amides is 3. The molecule has 0 saturated carbocycles. The van der Waals surface area contributed by atoms with E-state index in [0.717, 1.165) is 9.81 Å². The van der Waals surface area contributed by atoms with E-state index in [1.165, 1.54) is 18.0 Å². The molecule has 2 atom stereocenters. The summed E-state index contributed by atoms with van der Waals surface area (Å²) in [4.78, 5) is 34.9. The van der Waals surface area contributed by atoms with Crippen LogP contribution in [0.5, 0.6) is 0 Å². The van der Waals surface area contributed by atoms with Crippen molar-refractivity contribution in [3.8, 4) is 12.1 Å². The molecule has 2 aliphatic heterocycles. The topological polar surface area (TPSA) is 119 Å². The standard InChI is InChI=1S/C23H16ClN7O2S/c1-29-20-14(11-28-29)10-27-12-18(20)31-22(32)21-17(30(23(31)33)6-2-5-25)8-19(34-21)15-4-3-13(9-26)7-16(15)24/h3-4,7-8,10-12,17,21H,2,6H2,1H3. The highest BCUT2D eigenvalue weighted by atomic mass is 35.5. The summed E-state index contributed by atoms with van der Waals surface area (Å²) in [5.41, 5.74) is 2.07. The van der Waals surface area contributed by atoms with Gasteiger partial charge >= 0.3 is 6.03 Å². The number of halogens is 1. The second-order valence-corrected chi connectivity index (χ2v) is 9.38. The van der Waals surface area contributed by atoms with Gasteiger partial charge in [0.15, 0.2) is 0 Å². The fourth-order valence-electron chi connectivity index (χ4n) is 4.27. The SMILES string of the molecule is Cn1ncc2cncc(N3C(=O)C4SC(c5ccc(C#N)cc5Cl)=CC4N(CCC#N)C3=O)c21. The average molecular weight is 490 g/mol. The van der Waals surface area contributed by atoms with Gasteiger partial charge in [0.25, 0.3) is 5.91 Å². The number of urea groups is 1. The Morgan fingerprint density at radius 3 is 2.76 bits per heavy atom. The number of pyridine rings is 1. The van der Waals surface area contributed by atoms with Crippen LogP contribution in [0.3, 0.4) is 0 Å². The summed E-state index contributed by atoms with van der Waals surface area (Å²) in [5, 5.41) is 23.0. The quantitative estimate of drug-likeness (QED) is 0.548. The molecule has 11 heteroatoms. The second kappa shape index (κ2) is 8.49. The fourth-order valence-corrected chi connectivity index (χ4v) is 5.97. The van der Waals surface area contributed by atoms with Gasteiger partial charge in [0.05, 0.1) is 58.8 Å². The molecule has 1 saturated heterocycles. The molecule has 34 heavy (non-hydrogen) atoms. The van der Waals surface area contributed by atoms with E-state index in [0.29, 0.717) is 32.7 Å². The number of aromatic nitrogens is 3. The van der Waals surface area contributed by atoms with E-state index in [2.05, 4.69) is 22.2 Å². The van der Waals surface area contributed by atoms with Crippen LogP contribution < -0.4 is 4.90 Å². The van der Waals surface area contributed by atoms with Crippen molar-refractivity contribution in [1.29, 1.82) is 10.5 Å². The van der Waals surface area contributed by atoms with E-state index in [9.17, 15) is 9.59 Å². The normalized spacial score (nSPS) is 19.7. The molecule has 0 bridgehead atoms. The third-order valence-electron chi connectivity index (χ3n) is 5.84. The zero-order chi connectivity index (χ0) is 24.0. The minimum absolute atomic E-state index is 0.122. The third kappa shape index (κ3) is 3.39. The smallest absolute Gasteiger partial charge is 0.315 e. The molecule has 1 fully saturated rings. The van der Waals surface area contributed by atoms with E-state index in [1.807, 2.05) is 6.08 Å². The van der Waals surface area contributed by atoms with Crippen molar-refractivity contribution in [2.24, 2.45) is 7.05 Å². The van der Waals surface area contributed by atoms with Gasteiger partial charge < -0.3 is 4.90 Å². The number of hydrogen-bond acceptors (Lipinski definition) is 7. The first kappa shape index (κ1) is 22.0. The van der Waals surface area contributed by atoms with Crippen molar-refractivity contribution < 1.29 is 9.59 Å². The lowest BCUT2D eigenvalue weighted by Gasteiger charge is -2.40. The number of carbonyl (C=O) groups is 2. The van der Waals surface area contributed by atoms with Crippen molar-refractivity contribution in [3.63, 3.8) is 0 Å². The van der Waals surface area contributed by atoms with Gasteiger partial charge in [-0.15, -0.1) is 11.8 Å². The second-order valence-electron chi connectivity index (χ2n) is 7.79. The first-order valence-corrected chi connectivity index (χ1v) is 11.6. The molecule has 168 valence electrons. The molecule has 0 N–H and O–H groups in total. The van der Waals surface area contributed by atoms with Gasteiger partial charge in [-0.3, -0.25) is 14.5 Å². The van der Waals surface area contributed by atoms with Crippen molar-refractivity contribution >= 4 is 56.8 Å². The molecular formula is C23H16ClN7O2S. The van der Waals surface area contributed by atoms with Gasteiger partial charge in [-0.2, -0.15) is 15.6 Å². The zero-order valence-corrected chi connectivity index (χ0v) is 19.4. The Kier molecular flexibility index (Phi) is 5.48. The molecule has 9 nitrogen and oxygen atoms in total. The molecule has 0 radical (unpaired) electrons. The maximum Gasteiger partial charge on any atom is 0.332 e. The van der Waals surface area contributed by atoms with Crippen molar-refractivity contribution in [2.75, 3.05) is 11.4 Å². The number of nitriles is 2. The van der Waals surface area contributed by atoms with Crippen LogP contribution in [0.15, 0.2) is 42.9 Å². The van der Waals surface area contributed by atoms with Crippen molar-refractivity contribution in [2.45, 2.75) is 17.7 Å². The Morgan fingerprint density at radius 2 is 2.03 bits per heavy atom. The van der Waals surface area contributed by atoms with Gasteiger partial charge in [0.1, 0.15) is 5.25 Å². The Labute approximate surface area is 203 Å².